The molecule has 0 spiro atoms. The molecule has 7 rings (SSSR count). The van der Waals surface area contributed by atoms with Crippen molar-refractivity contribution in [3.63, 3.8) is 0 Å². The Balaban J connectivity index is 1.46. The summed E-state index contributed by atoms with van der Waals surface area (Å²) in [5.41, 5.74) is -0.716. The minimum absolute atomic E-state index is 0.0131. The number of phenolic OH excluding ortho intramolecular Hbond substituents is 1. The predicted octanol–water partition coefficient (Wildman–Crippen LogP) is 6.40. The van der Waals surface area contributed by atoms with E-state index in [1.54, 1.807) is 25.1 Å². The second kappa shape index (κ2) is 16.6. The summed E-state index contributed by atoms with van der Waals surface area (Å²) in [4.78, 5) is 61.4. The highest BCUT2D eigenvalue weighted by molar-refractivity contribution is 6.16. The van der Waals surface area contributed by atoms with Gasteiger partial charge in [0.05, 0.1) is 16.9 Å². The number of anilines is 2. The highest BCUT2D eigenvalue weighted by Gasteiger charge is 2.43. The molecule has 6 atom stereocenters. The van der Waals surface area contributed by atoms with Gasteiger partial charge in [0.2, 0.25) is 10.9 Å². The zero-order valence-electron chi connectivity index (χ0n) is 35.4. The number of hydrogen-bond acceptors (Lipinski definition) is 13. The average Bonchev–Trinajstić information content (AvgIpc) is 3.47. The Bertz CT molecular complexity index is 2660. The Kier molecular flexibility index (Phi) is 11.7. The number of aliphatic hydroxyl groups is 1. The van der Waals surface area contributed by atoms with Crippen LogP contribution in [-0.2, 0) is 19.1 Å². The van der Waals surface area contributed by atoms with E-state index in [2.05, 4.69) is 31.4 Å². The molecule has 14 heteroatoms. The third-order valence-electron chi connectivity index (χ3n) is 12.0. The van der Waals surface area contributed by atoms with E-state index in [4.69, 9.17) is 23.6 Å². The minimum Gasteiger partial charge on any atom is -0.507 e. The van der Waals surface area contributed by atoms with Crippen LogP contribution in [0.25, 0.3) is 38.7 Å². The number of esters is 1. The first kappa shape index (κ1) is 42.2. The number of amides is 1. The fourth-order valence-corrected chi connectivity index (χ4v) is 8.89. The first-order chi connectivity index (χ1) is 28.5. The van der Waals surface area contributed by atoms with Gasteiger partial charge in [-0.05, 0) is 62.9 Å². The molecule has 1 aromatic heterocycles. The second-order valence-corrected chi connectivity index (χ2v) is 16.9. The maximum Gasteiger partial charge on any atom is 0.307 e. The summed E-state index contributed by atoms with van der Waals surface area (Å²) in [6.07, 6.45) is 10.4. The Hall–Kier alpha value is -5.89. The van der Waals surface area contributed by atoms with E-state index in [1.165, 1.54) is 33.1 Å². The lowest BCUT2D eigenvalue weighted by molar-refractivity contribution is -0.152. The van der Waals surface area contributed by atoms with E-state index in [0.29, 0.717) is 31.1 Å². The quantitative estimate of drug-likeness (QED) is 0.0988. The number of nitrogens with one attached hydrogen (secondary N) is 2. The molecule has 1 saturated heterocycles. The molecule has 0 aliphatic carbocycles. The summed E-state index contributed by atoms with van der Waals surface area (Å²) >= 11 is 0. The van der Waals surface area contributed by atoms with E-state index in [1.807, 2.05) is 24.0 Å². The molecule has 318 valence electrons. The Morgan fingerprint density at radius 3 is 2.45 bits per heavy atom. The van der Waals surface area contributed by atoms with Crippen molar-refractivity contribution in [2.45, 2.75) is 86.5 Å². The van der Waals surface area contributed by atoms with Gasteiger partial charge in [-0.1, -0.05) is 45.9 Å². The number of phenols is 1. The van der Waals surface area contributed by atoms with Crippen LogP contribution in [0.2, 0.25) is 0 Å². The number of aromatic hydroxyl groups is 1. The van der Waals surface area contributed by atoms with Gasteiger partial charge in [-0.2, -0.15) is 0 Å². The smallest absolute Gasteiger partial charge is 0.307 e. The number of hydrogen-bond donors (Lipinski definition) is 4. The number of piperazine rings is 1. The van der Waals surface area contributed by atoms with Gasteiger partial charge in [-0.15, -0.1) is 0 Å². The van der Waals surface area contributed by atoms with Crippen LogP contribution in [0.4, 0.5) is 11.4 Å². The minimum atomic E-state index is -1.83. The molecule has 60 heavy (non-hydrogen) atoms. The molecule has 4 heterocycles. The van der Waals surface area contributed by atoms with Crippen LogP contribution in [0, 0.1) is 30.6 Å². The number of allylic oxidation sites excluding steroid dienone is 4. The third-order valence-corrected chi connectivity index (χ3v) is 12.0. The van der Waals surface area contributed by atoms with Gasteiger partial charge in [0.15, 0.2) is 22.4 Å². The van der Waals surface area contributed by atoms with Gasteiger partial charge < -0.3 is 44.4 Å². The molecule has 1 fully saturated rings. The fourth-order valence-electron chi connectivity index (χ4n) is 8.89. The van der Waals surface area contributed by atoms with Crippen molar-refractivity contribution < 1.29 is 38.4 Å². The number of rotatable bonds is 2. The van der Waals surface area contributed by atoms with Crippen LogP contribution in [-0.4, -0.2) is 65.1 Å². The number of aliphatic hydroxyl groups excluding tert-OH is 1. The molecule has 4 aromatic rings. The van der Waals surface area contributed by atoms with Crippen molar-refractivity contribution >= 4 is 62.0 Å². The van der Waals surface area contributed by atoms with Crippen molar-refractivity contribution in [1.82, 2.24) is 10.3 Å². The fraction of sp³-hybridized carbons (Fsp3) is 0.457. The molecule has 4 N–H and O–H groups in total. The van der Waals surface area contributed by atoms with Gasteiger partial charge >= 0.3 is 11.8 Å². The Labute approximate surface area is 347 Å². The first-order valence-electron chi connectivity index (χ1n) is 20.7. The number of carbonyl (C=O) groups excluding carboxylic acids is 2. The van der Waals surface area contributed by atoms with Gasteiger partial charge in [0.25, 0.3) is 5.91 Å². The van der Waals surface area contributed by atoms with Gasteiger partial charge in [0.1, 0.15) is 28.8 Å². The van der Waals surface area contributed by atoms with Crippen LogP contribution >= 0.6 is 0 Å². The molecular formula is C46H54N4O10. The lowest BCUT2D eigenvalue weighted by Gasteiger charge is -2.31. The normalized spacial score (nSPS) is 27.6. The molecule has 3 aromatic carbocycles. The topological polar surface area (TPSA) is 190 Å². The first-order valence-corrected chi connectivity index (χ1v) is 20.7. The van der Waals surface area contributed by atoms with Crippen molar-refractivity contribution in [2.75, 3.05) is 36.4 Å². The molecule has 0 radical (unpaired) electrons. The summed E-state index contributed by atoms with van der Waals surface area (Å²) in [6.45, 7) is 17.2. The zero-order chi connectivity index (χ0) is 43.2. The molecule has 14 nitrogen and oxygen atoms in total. The van der Waals surface area contributed by atoms with E-state index < -0.39 is 34.1 Å². The Morgan fingerprint density at radius 1 is 1.00 bits per heavy atom. The molecule has 1 amide bonds. The summed E-state index contributed by atoms with van der Waals surface area (Å²) in [7, 11) is 0. The molecular weight excluding hydrogens is 769 g/mol. The van der Waals surface area contributed by atoms with Crippen LogP contribution in [0.1, 0.15) is 73.3 Å². The SMILES string of the molecule is CC(=O)O[C@@H]1[C@H](C)C/C=C/O[C@@]2(C)Oc3c(C)c(O)c4c(=O)c(c5oc6cc(N7CCNCC7)cc(=O)c6nc5c4c3=C2O)NC(=O)/C(C)=C\C=C\[C@H](C)C[C@@H](C)C[C@H]1C. The monoisotopic (exact) mass is 822 g/mol. The summed E-state index contributed by atoms with van der Waals surface area (Å²) < 4.78 is 24.7. The van der Waals surface area contributed by atoms with Crippen molar-refractivity contribution in [3.8, 4) is 11.5 Å². The lowest BCUT2D eigenvalue weighted by atomic mass is 9.82. The average molecular weight is 823 g/mol. The van der Waals surface area contributed by atoms with Crippen molar-refractivity contribution in [3.05, 3.63) is 79.5 Å². The van der Waals surface area contributed by atoms with Crippen LogP contribution in [0.5, 0.6) is 11.5 Å². The van der Waals surface area contributed by atoms with Gasteiger partial charge in [-0.25, -0.2) is 4.98 Å². The zero-order valence-corrected chi connectivity index (χ0v) is 35.4. The maximum atomic E-state index is 14.7. The van der Waals surface area contributed by atoms with Crippen molar-refractivity contribution in [2.24, 2.45) is 23.7 Å². The summed E-state index contributed by atoms with van der Waals surface area (Å²) in [5, 5.41) is 29.5. The number of carbonyl (C=O) groups is 2. The van der Waals surface area contributed by atoms with Crippen LogP contribution < -0.4 is 36.3 Å². The predicted molar refractivity (Wildman–Crippen MR) is 231 cm³/mol. The largest absolute Gasteiger partial charge is 0.507 e. The molecule has 3 aliphatic rings. The lowest BCUT2D eigenvalue weighted by Crippen LogP contribution is -2.43. The number of aromatic nitrogens is 1. The number of ether oxygens (including phenoxy) is 3. The van der Waals surface area contributed by atoms with E-state index in [9.17, 15) is 29.4 Å². The number of benzene rings is 3. The summed E-state index contributed by atoms with van der Waals surface area (Å²) in [5.74, 6) is -3.25. The second-order valence-electron chi connectivity index (χ2n) is 16.9. The van der Waals surface area contributed by atoms with E-state index in [0.717, 1.165) is 25.9 Å². The maximum absolute atomic E-state index is 14.7. The molecule has 3 aliphatic heterocycles. The van der Waals surface area contributed by atoms with E-state index in [-0.39, 0.29) is 90.6 Å². The Morgan fingerprint density at radius 2 is 1.73 bits per heavy atom. The highest BCUT2D eigenvalue weighted by Crippen LogP contribution is 2.42. The highest BCUT2D eigenvalue weighted by atomic mass is 16.7. The third kappa shape index (κ3) is 7.92. The van der Waals surface area contributed by atoms with Crippen LogP contribution in [0.15, 0.2) is 62.3 Å². The van der Waals surface area contributed by atoms with E-state index >= 15 is 0 Å². The number of fused-ring (bicyclic) bond motifs is 2. The standard InChI is InChI=1S/C46H54N4O10/c1-23-11-9-12-26(4)45(56)49-38-40(54)34-33(37-43(38)59-32-22-30(21-31(52)36(32)48-37)50-16-14-47-15-17-50)35-42(28(6)39(34)53)60-46(8,44(35)55)57-18-10-13-25(3)41(58-29(7)51)27(5)20-24(2)19-23/h9-12,18,21-25,27,41,47,53,55H,13-17,19-20H2,1-8H3,(H,49,56)/b11-9+,18-10+,26-12-/t23-,24+,25+,27+,41+,46-/m0/s1. The molecule has 0 unspecified atom stereocenters. The van der Waals surface area contributed by atoms with Gasteiger partial charge in [0, 0.05) is 74.4 Å². The number of nitrogens with zero attached hydrogens (tertiary/aromatic N) is 2. The van der Waals surface area contributed by atoms with Crippen molar-refractivity contribution in [1.29, 1.82) is 0 Å². The van der Waals surface area contributed by atoms with Gasteiger partial charge in [-0.3, -0.25) is 19.2 Å². The molecule has 4 bridgehead atoms. The molecule has 0 saturated carbocycles. The van der Waals surface area contributed by atoms with Crippen LogP contribution in [0.3, 0.4) is 0 Å². The summed E-state index contributed by atoms with van der Waals surface area (Å²) in [6, 6.07) is 3.16.